The molecule has 1 aliphatic rings. The molecule has 124 valence electrons. The van der Waals surface area contributed by atoms with Gasteiger partial charge < -0.3 is 10.0 Å². The topological polar surface area (TPSA) is 101 Å². The minimum atomic E-state index is -0.957. The van der Waals surface area contributed by atoms with Crippen LogP contribution in [0.15, 0.2) is 12.1 Å². The van der Waals surface area contributed by atoms with Gasteiger partial charge in [0.05, 0.1) is 17.4 Å². The van der Waals surface area contributed by atoms with Gasteiger partial charge in [-0.25, -0.2) is 0 Å². The first-order chi connectivity index (χ1) is 10.8. The molecule has 0 spiro atoms. The van der Waals surface area contributed by atoms with Crippen molar-refractivity contribution in [3.05, 3.63) is 38.9 Å². The van der Waals surface area contributed by atoms with Gasteiger partial charge in [0.25, 0.3) is 11.6 Å². The third kappa shape index (κ3) is 3.82. The average Bonchev–Trinajstić information content (AvgIpc) is 2.46. The molecule has 1 aromatic carbocycles. The van der Waals surface area contributed by atoms with E-state index in [-0.39, 0.29) is 23.6 Å². The predicted molar refractivity (Wildman–Crippen MR) is 87.0 cm³/mol. The van der Waals surface area contributed by atoms with Crippen molar-refractivity contribution < 1.29 is 19.6 Å². The molecule has 1 N–H and O–H groups in total. The summed E-state index contributed by atoms with van der Waals surface area (Å²) >= 11 is 1.61. The predicted octanol–water partition coefficient (Wildman–Crippen LogP) is 2.24. The summed E-state index contributed by atoms with van der Waals surface area (Å²) in [6, 6.07) is 2.53. The Hall–Kier alpha value is -2.09. The number of amides is 1. The summed E-state index contributed by atoms with van der Waals surface area (Å²) in [5, 5.41) is 20.1. The lowest BCUT2D eigenvalue weighted by Crippen LogP contribution is -2.47. The van der Waals surface area contributed by atoms with E-state index >= 15 is 0 Å². The second-order valence-electron chi connectivity index (χ2n) is 5.54. The van der Waals surface area contributed by atoms with Crippen molar-refractivity contribution >= 4 is 29.3 Å². The Labute approximate surface area is 137 Å². The maximum atomic E-state index is 12.8. The maximum Gasteiger partial charge on any atom is 0.305 e. The molecule has 2 rings (SSSR count). The summed E-state index contributed by atoms with van der Waals surface area (Å²) in [5.41, 5.74) is 1.33. The molecule has 8 heteroatoms. The molecule has 1 aromatic rings. The molecule has 0 bridgehead atoms. The zero-order valence-electron chi connectivity index (χ0n) is 12.9. The zero-order valence-corrected chi connectivity index (χ0v) is 13.8. The van der Waals surface area contributed by atoms with Crippen molar-refractivity contribution in [1.82, 2.24) is 4.90 Å². The van der Waals surface area contributed by atoms with Crippen LogP contribution in [0.5, 0.6) is 0 Å². The summed E-state index contributed by atoms with van der Waals surface area (Å²) in [5.74, 6) is -0.000967. The van der Waals surface area contributed by atoms with E-state index in [1.54, 1.807) is 31.7 Å². The van der Waals surface area contributed by atoms with Gasteiger partial charge in [0.1, 0.15) is 0 Å². The van der Waals surface area contributed by atoms with Gasteiger partial charge in [-0.15, -0.1) is 0 Å². The number of hydrogen-bond donors (Lipinski definition) is 1. The number of aryl methyl sites for hydroxylation is 2. The molecule has 0 saturated carbocycles. The Morgan fingerprint density at radius 3 is 2.70 bits per heavy atom. The van der Waals surface area contributed by atoms with E-state index < -0.39 is 16.9 Å². The molecule has 23 heavy (non-hydrogen) atoms. The van der Waals surface area contributed by atoms with E-state index in [0.29, 0.717) is 23.4 Å². The van der Waals surface area contributed by atoms with Crippen LogP contribution in [0.1, 0.15) is 27.9 Å². The van der Waals surface area contributed by atoms with Crippen molar-refractivity contribution in [3.63, 3.8) is 0 Å². The van der Waals surface area contributed by atoms with Crippen LogP contribution < -0.4 is 0 Å². The maximum absolute atomic E-state index is 12.8. The molecule has 0 radical (unpaired) electrons. The van der Waals surface area contributed by atoms with E-state index in [9.17, 15) is 19.7 Å². The molecule has 1 amide bonds. The van der Waals surface area contributed by atoms with Gasteiger partial charge >= 0.3 is 5.97 Å². The molecule has 0 aliphatic carbocycles. The van der Waals surface area contributed by atoms with Crippen LogP contribution in [-0.4, -0.2) is 50.9 Å². The molecule has 1 unspecified atom stereocenters. The van der Waals surface area contributed by atoms with Crippen molar-refractivity contribution in [2.45, 2.75) is 26.3 Å². The van der Waals surface area contributed by atoms with E-state index in [1.165, 1.54) is 11.0 Å². The van der Waals surface area contributed by atoms with Gasteiger partial charge in [-0.05, 0) is 25.5 Å². The first-order valence-electron chi connectivity index (χ1n) is 7.17. The standard InChI is InChI=1S/C15H18N2O5S/c1-9-5-10(2)13(17(21)22)7-12(9)15(20)16-3-4-23-8-11(16)6-14(18)19/h5,7,11H,3-4,6,8H2,1-2H3,(H,18,19). The van der Waals surface area contributed by atoms with Crippen molar-refractivity contribution in [3.8, 4) is 0 Å². The quantitative estimate of drug-likeness (QED) is 0.667. The number of nitro benzene ring substituents is 1. The third-order valence-corrected chi connectivity index (χ3v) is 4.96. The van der Waals surface area contributed by atoms with Crippen molar-refractivity contribution in [2.24, 2.45) is 0 Å². The second kappa shape index (κ2) is 6.99. The van der Waals surface area contributed by atoms with Crippen LogP contribution >= 0.6 is 11.8 Å². The summed E-state index contributed by atoms with van der Waals surface area (Å²) in [7, 11) is 0. The highest BCUT2D eigenvalue weighted by atomic mass is 32.2. The molecular formula is C15H18N2O5S. The number of nitro groups is 1. The van der Waals surface area contributed by atoms with E-state index in [1.807, 2.05) is 0 Å². The number of aliphatic carboxylic acids is 1. The third-order valence-electron chi connectivity index (χ3n) is 3.87. The monoisotopic (exact) mass is 338 g/mol. The van der Waals surface area contributed by atoms with Crippen LogP contribution in [0.3, 0.4) is 0 Å². The van der Waals surface area contributed by atoms with Gasteiger partial charge in [-0.3, -0.25) is 19.7 Å². The highest BCUT2D eigenvalue weighted by Gasteiger charge is 2.31. The lowest BCUT2D eigenvalue weighted by atomic mass is 10.0. The molecule has 1 heterocycles. The fourth-order valence-electron chi connectivity index (χ4n) is 2.72. The van der Waals surface area contributed by atoms with E-state index in [4.69, 9.17) is 5.11 Å². The van der Waals surface area contributed by atoms with E-state index in [2.05, 4.69) is 0 Å². The summed E-state index contributed by atoms with van der Waals surface area (Å²) in [4.78, 5) is 35.9. The highest BCUT2D eigenvalue weighted by Crippen LogP contribution is 2.27. The first kappa shape index (κ1) is 17.3. The SMILES string of the molecule is Cc1cc(C)c([N+](=O)[O-])cc1C(=O)N1CCSCC1CC(=O)O. The number of carboxylic acids is 1. The fourth-order valence-corrected chi connectivity index (χ4v) is 3.78. The van der Waals surface area contributed by atoms with Crippen molar-refractivity contribution in [2.75, 3.05) is 18.1 Å². The molecule has 1 fully saturated rings. The Balaban J connectivity index is 2.36. The van der Waals surface area contributed by atoms with Crippen LogP contribution in [0.2, 0.25) is 0 Å². The fraction of sp³-hybridized carbons (Fsp3) is 0.467. The zero-order chi connectivity index (χ0) is 17.1. The second-order valence-corrected chi connectivity index (χ2v) is 6.69. The Morgan fingerprint density at radius 1 is 1.39 bits per heavy atom. The van der Waals surface area contributed by atoms with Gasteiger partial charge in [-0.2, -0.15) is 11.8 Å². The molecule has 0 aromatic heterocycles. The largest absolute Gasteiger partial charge is 0.481 e. The first-order valence-corrected chi connectivity index (χ1v) is 8.33. The number of thioether (sulfide) groups is 1. The van der Waals surface area contributed by atoms with Crippen LogP contribution in [0, 0.1) is 24.0 Å². The normalized spacial score (nSPS) is 17.8. The molecule has 1 saturated heterocycles. The lowest BCUT2D eigenvalue weighted by Gasteiger charge is -2.35. The Bertz CT molecular complexity index is 662. The van der Waals surface area contributed by atoms with Crippen LogP contribution in [-0.2, 0) is 4.79 Å². The Morgan fingerprint density at radius 2 is 2.09 bits per heavy atom. The lowest BCUT2D eigenvalue weighted by molar-refractivity contribution is -0.385. The molecule has 1 aliphatic heterocycles. The summed E-state index contributed by atoms with van der Waals surface area (Å²) < 4.78 is 0. The van der Waals surface area contributed by atoms with Gasteiger partial charge in [0.15, 0.2) is 0 Å². The minimum absolute atomic E-state index is 0.0971. The molecule has 1 atom stereocenters. The number of hydrogen-bond acceptors (Lipinski definition) is 5. The summed E-state index contributed by atoms with van der Waals surface area (Å²) in [6.07, 6.45) is -0.119. The van der Waals surface area contributed by atoms with Gasteiger partial charge in [0, 0.05) is 35.2 Å². The molecule has 7 nitrogen and oxygen atoms in total. The van der Waals surface area contributed by atoms with Crippen LogP contribution in [0.4, 0.5) is 5.69 Å². The number of carbonyl (C=O) groups excluding carboxylic acids is 1. The highest BCUT2D eigenvalue weighted by molar-refractivity contribution is 7.99. The van der Waals surface area contributed by atoms with Gasteiger partial charge in [0.2, 0.25) is 0 Å². The number of carboxylic acid groups (broad SMARTS) is 1. The summed E-state index contributed by atoms with van der Waals surface area (Å²) in [6.45, 7) is 3.81. The smallest absolute Gasteiger partial charge is 0.305 e. The number of nitrogens with zero attached hydrogens (tertiary/aromatic N) is 2. The number of carbonyl (C=O) groups is 2. The van der Waals surface area contributed by atoms with Crippen LogP contribution in [0.25, 0.3) is 0 Å². The van der Waals surface area contributed by atoms with Gasteiger partial charge in [-0.1, -0.05) is 0 Å². The number of benzene rings is 1. The van der Waals surface area contributed by atoms with E-state index in [0.717, 1.165) is 5.75 Å². The average molecular weight is 338 g/mol. The Kier molecular flexibility index (Phi) is 5.25. The van der Waals surface area contributed by atoms with Crippen molar-refractivity contribution in [1.29, 1.82) is 0 Å². The minimum Gasteiger partial charge on any atom is -0.481 e. The number of rotatable bonds is 4. The molecular weight excluding hydrogens is 320 g/mol.